The van der Waals surface area contributed by atoms with E-state index in [1.807, 2.05) is 23.0 Å². The second kappa shape index (κ2) is 6.95. The van der Waals surface area contributed by atoms with Gasteiger partial charge < -0.3 is 10.6 Å². The molecular formula is C18H23ClN4O. The quantitative estimate of drug-likeness (QED) is 0.897. The topological polar surface area (TPSA) is 59.0 Å². The lowest BCUT2D eigenvalue weighted by molar-refractivity contribution is -0.126. The van der Waals surface area contributed by atoms with E-state index >= 15 is 0 Å². The summed E-state index contributed by atoms with van der Waals surface area (Å²) >= 11 is 0. The number of hydrogen-bond acceptors (Lipinski definition) is 3. The van der Waals surface area contributed by atoms with Gasteiger partial charge in [-0.15, -0.1) is 12.4 Å². The number of fused-ring (bicyclic) bond motifs is 1. The minimum atomic E-state index is -0.590. The molecule has 0 unspecified atom stereocenters. The number of nitrogens with zero attached hydrogens (tertiary/aromatic N) is 2. The van der Waals surface area contributed by atoms with E-state index in [2.05, 4.69) is 27.9 Å². The molecule has 1 aromatic carbocycles. The van der Waals surface area contributed by atoms with Gasteiger partial charge in [0.1, 0.15) is 5.54 Å². The summed E-state index contributed by atoms with van der Waals surface area (Å²) < 4.78 is 1.83. The second-order valence-corrected chi connectivity index (χ2v) is 6.52. The van der Waals surface area contributed by atoms with Gasteiger partial charge in [-0.1, -0.05) is 6.07 Å². The van der Waals surface area contributed by atoms with E-state index in [4.69, 9.17) is 0 Å². The maximum Gasteiger partial charge on any atom is 0.252 e. The Bertz CT molecular complexity index is 708. The van der Waals surface area contributed by atoms with Gasteiger partial charge in [0.2, 0.25) is 0 Å². The van der Waals surface area contributed by atoms with Gasteiger partial charge in [0.15, 0.2) is 0 Å². The van der Waals surface area contributed by atoms with Crippen molar-refractivity contribution in [1.29, 1.82) is 0 Å². The highest BCUT2D eigenvalue weighted by Crippen LogP contribution is 2.30. The number of rotatable bonds is 3. The molecule has 24 heavy (non-hydrogen) atoms. The third-order valence-electron chi connectivity index (χ3n) is 5.15. The number of aromatic nitrogens is 2. The maximum atomic E-state index is 13.1. The number of anilines is 1. The fourth-order valence-corrected chi connectivity index (χ4v) is 3.82. The Balaban J connectivity index is 0.00000169. The first-order chi connectivity index (χ1) is 11.3. The van der Waals surface area contributed by atoms with Crippen LogP contribution in [0.25, 0.3) is 0 Å². The third kappa shape index (κ3) is 2.94. The first-order valence-corrected chi connectivity index (χ1v) is 8.42. The van der Waals surface area contributed by atoms with Crippen LogP contribution in [0.3, 0.4) is 0 Å². The fourth-order valence-electron chi connectivity index (χ4n) is 3.82. The summed E-state index contributed by atoms with van der Waals surface area (Å²) in [4.78, 5) is 13.1. The third-order valence-corrected chi connectivity index (χ3v) is 5.15. The standard InChI is InChI=1S/C18H22N4O.ClH/c23-17(21-16-6-5-14-3-1-4-15(14)13-16)18(7-10-19-11-8-18)22-12-2-9-20-22;/h2,5-6,9,12-13,19H,1,3-4,7-8,10-11H2,(H,21,23);1H. The van der Waals surface area contributed by atoms with Crippen molar-refractivity contribution in [3.8, 4) is 0 Å². The second-order valence-electron chi connectivity index (χ2n) is 6.52. The van der Waals surface area contributed by atoms with Crippen molar-refractivity contribution in [2.24, 2.45) is 0 Å². The van der Waals surface area contributed by atoms with Crippen molar-refractivity contribution in [3.63, 3.8) is 0 Å². The SMILES string of the molecule is Cl.O=C(Nc1ccc2c(c1)CCC2)C1(n2cccn2)CCNCC1. The number of carbonyl (C=O) groups is 1. The molecule has 1 aromatic heterocycles. The normalized spacial score (nSPS) is 18.5. The Morgan fingerprint density at radius 1 is 1.21 bits per heavy atom. The van der Waals surface area contributed by atoms with Crippen molar-refractivity contribution >= 4 is 24.0 Å². The van der Waals surface area contributed by atoms with Crippen LogP contribution in [0.2, 0.25) is 0 Å². The molecule has 128 valence electrons. The number of carbonyl (C=O) groups excluding carboxylic acids is 1. The predicted octanol–water partition coefficient (Wildman–Crippen LogP) is 2.51. The van der Waals surface area contributed by atoms with Gasteiger partial charge >= 0.3 is 0 Å². The van der Waals surface area contributed by atoms with E-state index in [1.54, 1.807) is 6.20 Å². The molecule has 6 heteroatoms. The highest BCUT2D eigenvalue weighted by Gasteiger charge is 2.42. The van der Waals surface area contributed by atoms with E-state index in [-0.39, 0.29) is 18.3 Å². The Hall–Kier alpha value is -1.85. The van der Waals surface area contributed by atoms with E-state index < -0.39 is 5.54 Å². The number of piperidine rings is 1. The van der Waals surface area contributed by atoms with Crippen LogP contribution < -0.4 is 10.6 Å². The van der Waals surface area contributed by atoms with Crippen LogP contribution in [-0.2, 0) is 23.2 Å². The predicted molar refractivity (Wildman–Crippen MR) is 96.6 cm³/mol. The van der Waals surface area contributed by atoms with Gasteiger partial charge in [-0.3, -0.25) is 9.48 Å². The molecule has 0 atom stereocenters. The largest absolute Gasteiger partial charge is 0.324 e. The Labute approximate surface area is 148 Å². The van der Waals surface area contributed by atoms with Gasteiger partial charge in [-0.05, 0) is 74.5 Å². The molecule has 1 aliphatic carbocycles. The summed E-state index contributed by atoms with van der Waals surface area (Å²) in [7, 11) is 0. The Kier molecular flexibility index (Phi) is 4.92. The minimum absolute atomic E-state index is 0. The van der Waals surface area contributed by atoms with Crippen molar-refractivity contribution < 1.29 is 4.79 Å². The van der Waals surface area contributed by atoms with Crippen LogP contribution >= 0.6 is 12.4 Å². The lowest BCUT2D eigenvalue weighted by Gasteiger charge is -2.36. The molecule has 2 heterocycles. The number of aryl methyl sites for hydroxylation is 2. The highest BCUT2D eigenvalue weighted by molar-refractivity contribution is 5.96. The summed E-state index contributed by atoms with van der Waals surface area (Å²) in [6.45, 7) is 1.66. The molecule has 1 amide bonds. The van der Waals surface area contributed by atoms with E-state index in [1.165, 1.54) is 17.5 Å². The number of nitrogens with one attached hydrogen (secondary N) is 2. The van der Waals surface area contributed by atoms with Crippen LogP contribution in [-0.4, -0.2) is 28.8 Å². The molecule has 1 fully saturated rings. The van der Waals surface area contributed by atoms with Gasteiger partial charge in [0.05, 0.1) is 0 Å². The van der Waals surface area contributed by atoms with Crippen molar-refractivity contribution in [2.45, 2.75) is 37.6 Å². The molecule has 0 radical (unpaired) electrons. The maximum absolute atomic E-state index is 13.1. The summed E-state index contributed by atoms with van der Waals surface area (Å²) in [6.07, 6.45) is 8.65. The molecule has 2 N–H and O–H groups in total. The lowest BCUT2D eigenvalue weighted by Crippen LogP contribution is -2.52. The van der Waals surface area contributed by atoms with E-state index in [0.29, 0.717) is 0 Å². The molecule has 0 spiro atoms. The first-order valence-electron chi connectivity index (χ1n) is 8.42. The first kappa shape index (κ1) is 17.0. The average Bonchev–Trinajstić information content (AvgIpc) is 3.27. The summed E-state index contributed by atoms with van der Waals surface area (Å²) in [5.74, 6) is 0.0423. The lowest BCUT2D eigenvalue weighted by atomic mass is 9.87. The smallest absolute Gasteiger partial charge is 0.252 e. The van der Waals surface area contributed by atoms with E-state index in [9.17, 15) is 4.79 Å². The Morgan fingerprint density at radius 2 is 2.00 bits per heavy atom. The van der Waals surface area contributed by atoms with Crippen LogP contribution in [0.1, 0.15) is 30.4 Å². The molecule has 4 rings (SSSR count). The molecule has 1 saturated heterocycles. The van der Waals surface area contributed by atoms with Gasteiger partial charge in [-0.2, -0.15) is 5.10 Å². The fraction of sp³-hybridized carbons (Fsp3) is 0.444. The van der Waals surface area contributed by atoms with Gasteiger partial charge in [0, 0.05) is 18.1 Å². The zero-order valence-corrected chi connectivity index (χ0v) is 14.4. The van der Waals surface area contributed by atoms with Crippen LogP contribution in [0, 0.1) is 0 Å². The number of halogens is 1. The Morgan fingerprint density at radius 3 is 2.75 bits per heavy atom. The average molecular weight is 347 g/mol. The molecule has 2 aliphatic rings. The summed E-state index contributed by atoms with van der Waals surface area (Å²) in [6, 6.07) is 8.20. The summed E-state index contributed by atoms with van der Waals surface area (Å²) in [5.41, 5.74) is 3.11. The van der Waals surface area contributed by atoms with Crippen LogP contribution in [0.15, 0.2) is 36.7 Å². The zero-order valence-electron chi connectivity index (χ0n) is 13.6. The van der Waals surface area contributed by atoms with Crippen molar-refractivity contribution in [1.82, 2.24) is 15.1 Å². The summed E-state index contributed by atoms with van der Waals surface area (Å²) in [5, 5.41) is 10.8. The zero-order chi connectivity index (χ0) is 15.7. The van der Waals surface area contributed by atoms with Crippen molar-refractivity contribution in [2.75, 3.05) is 18.4 Å². The van der Waals surface area contributed by atoms with Crippen LogP contribution in [0.4, 0.5) is 5.69 Å². The van der Waals surface area contributed by atoms with Gasteiger partial charge in [0.25, 0.3) is 5.91 Å². The van der Waals surface area contributed by atoms with Crippen LogP contribution in [0.5, 0.6) is 0 Å². The molecular weight excluding hydrogens is 324 g/mol. The number of benzene rings is 1. The molecule has 2 aromatic rings. The molecule has 0 saturated carbocycles. The minimum Gasteiger partial charge on any atom is -0.324 e. The van der Waals surface area contributed by atoms with Crippen molar-refractivity contribution in [3.05, 3.63) is 47.8 Å². The highest BCUT2D eigenvalue weighted by atomic mass is 35.5. The van der Waals surface area contributed by atoms with E-state index in [0.717, 1.165) is 44.5 Å². The van der Waals surface area contributed by atoms with Gasteiger partial charge in [-0.25, -0.2) is 0 Å². The molecule has 5 nitrogen and oxygen atoms in total. The molecule has 1 aliphatic heterocycles. The number of amides is 1. The number of hydrogen-bond donors (Lipinski definition) is 2. The monoisotopic (exact) mass is 346 g/mol. The molecule has 0 bridgehead atoms.